The van der Waals surface area contributed by atoms with Gasteiger partial charge in [-0.15, -0.1) is 0 Å². The van der Waals surface area contributed by atoms with Crippen LogP contribution < -0.4 is 0 Å². The van der Waals surface area contributed by atoms with Crippen LogP contribution in [-0.2, 0) is 6.54 Å². The van der Waals surface area contributed by atoms with Crippen molar-refractivity contribution < 1.29 is 0 Å². The van der Waals surface area contributed by atoms with Crippen molar-refractivity contribution in [1.29, 1.82) is 0 Å². The summed E-state index contributed by atoms with van der Waals surface area (Å²) in [7, 11) is 0. The normalized spacial score (nSPS) is 23.0. The molecule has 0 saturated carbocycles. The lowest BCUT2D eigenvalue weighted by atomic mass is 10.0. The Balaban J connectivity index is 1.40. The molecule has 4 heteroatoms. The predicted molar refractivity (Wildman–Crippen MR) is 90.8 cm³/mol. The number of rotatable bonds is 5. The van der Waals surface area contributed by atoms with E-state index in [4.69, 9.17) is 0 Å². The summed E-state index contributed by atoms with van der Waals surface area (Å²) in [4.78, 5) is 12.1. The average molecular weight is 302 g/mol. The lowest BCUT2D eigenvalue weighted by Gasteiger charge is -2.42. The SMILES string of the molecule is CCCN1CCC(N2CCN(Cc3ccncc3)CC2)CC1. The quantitative estimate of drug-likeness (QED) is 0.830. The summed E-state index contributed by atoms with van der Waals surface area (Å²) in [5.41, 5.74) is 1.39. The van der Waals surface area contributed by atoms with Crippen LogP contribution in [0.1, 0.15) is 31.7 Å². The summed E-state index contributed by atoms with van der Waals surface area (Å²) in [5, 5.41) is 0. The number of piperidine rings is 1. The Kier molecular flexibility index (Phi) is 5.82. The van der Waals surface area contributed by atoms with Gasteiger partial charge in [-0.3, -0.25) is 14.8 Å². The summed E-state index contributed by atoms with van der Waals surface area (Å²) in [6.45, 7) is 12.1. The Labute approximate surface area is 135 Å². The number of hydrogen-bond acceptors (Lipinski definition) is 4. The van der Waals surface area contributed by atoms with E-state index in [0.29, 0.717) is 0 Å². The molecule has 122 valence electrons. The van der Waals surface area contributed by atoms with Gasteiger partial charge in [0.2, 0.25) is 0 Å². The van der Waals surface area contributed by atoms with E-state index in [0.717, 1.165) is 12.6 Å². The van der Waals surface area contributed by atoms with Crippen LogP contribution in [0.3, 0.4) is 0 Å². The van der Waals surface area contributed by atoms with Gasteiger partial charge in [0.05, 0.1) is 0 Å². The molecular weight excluding hydrogens is 272 g/mol. The van der Waals surface area contributed by atoms with Crippen molar-refractivity contribution >= 4 is 0 Å². The summed E-state index contributed by atoms with van der Waals surface area (Å²) in [6.07, 6.45) is 7.82. The van der Waals surface area contributed by atoms with E-state index in [9.17, 15) is 0 Å². The minimum Gasteiger partial charge on any atom is -0.303 e. The first-order valence-corrected chi connectivity index (χ1v) is 8.93. The lowest BCUT2D eigenvalue weighted by molar-refractivity contribution is 0.0567. The van der Waals surface area contributed by atoms with Gasteiger partial charge in [-0.05, 0) is 56.6 Å². The Morgan fingerprint density at radius 2 is 1.64 bits per heavy atom. The molecule has 2 aliphatic heterocycles. The molecular formula is C18H30N4. The summed E-state index contributed by atoms with van der Waals surface area (Å²) >= 11 is 0. The number of aromatic nitrogens is 1. The molecule has 2 saturated heterocycles. The van der Waals surface area contributed by atoms with E-state index < -0.39 is 0 Å². The Hall–Kier alpha value is -0.970. The smallest absolute Gasteiger partial charge is 0.0271 e. The van der Waals surface area contributed by atoms with E-state index in [-0.39, 0.29) is 0 Å². The third-order valence-corrected chi connectivity index (χ3v) is 5.18. The van der Waals surface area contributed by atoms with Crippen LogP contribution in [0.2, 0.25) is 0 Å². The topological polar surface area (TPSA) is 22.6 Å². The highest BCUT2D eigenvalue weighted by atomic mass is 15.3. The number of nitrogens with zero attached hydrogens (tertiary/aromatic N) is 4. The van der Waals surface area contributed by atoms with Crippen LogP contribution in [0.25, 0.3) is 0 Å². The van der Waals surface area contributed by atoms with Crippen LogP contribution in [-0.4, -0.2) is 71.5 Å². The van der Waals surface area contributed by atoms with Crippen molar-refractivity contribution in [3.05, 3.63) is 30.1 Å². The monoisotopic (exact) mass is 302 g/mol. The lowest BCUT2D eigenvalue weighted by Crippen LogP contribution is -2.53. The fraction of sp³-hybridized carbons (Fsp3) is 0.722. The van der Waals surface area contributed by atoms with Crippen molar-refractivity contribution in [2.24, 2.45) is 0 Å². The zero-order valence-corrected chi connectivity index (χ0v) is 14.0. The molecule has 22 heavy (non-hydrogen) atoms. The standard InChI is InChI=1S/C18H30N4/c1-2-9-20-10-5-18(6-11-20)22-14-12-21(13-15-22)16-17-3-7-19-8-4-17/h3-4,7-8,18H,2,5-6,9-16H2,1H3. The number of piperazine rings is 1. The van der Waals surface area contributed by atoms with Gasteiger partial charge >= 0.3 is 0 Å². The molecule has 0 spiro atoms. The molecule has 4 nitrogen and oxygen atoms in total. The van der Waals surface area contributed by atoms with Gasteiger partial charge in [0.25, 0.3) is 0 Å². The molecule has 1 aromatic rings. The number of pyridine rings is 1. The highest BCUT2D eigenvalue weighted by molar-refractivity contribution is 5.09. The van der Waals surface area contributed by atoms with Crippen LogP contribution in [0, 0.1) is 0 Å². The highest BCUT2D eigenvalue weighted by Gasteiger charge is 2.27. The van der Waals surface area contributed by atoms with Crippen LogP contribution in [0.5, 0.6) is 0 Å². The summed E-state index contributed by atoms with van der Waals surface area (Å²) in [6, 6.07) is 5.10. The fourth-order valence-electron chi connectivity index (χ4n) is 3.86. The van der Waals surface area contributed by atoms with Gasteiger partial charge in [0.15, 0.2) is 0 Å². The molecule has 0 amide bonds. The Morgan fingerprint density at radius 1 is 0.955 bits per heavy atom. The predicted octanol–water partition coefficient (Wildman–Crippen LogP) is 2.07. The van der Waals surface area contributed by atoms with Crippen molar-refractivity contribution in [1.82, 2.24) is 19.7 Å². The Morgan fingerprint density at radius 3 is 2.27 bits per heavy atom. The molecule has 2 aliphatic rings. The largest absolute Gasteiger partial charge is 0.303 e. The zero-order valence-electron chi connectivity index (χ0n) is 14.0. The van der Waals surface area contributed by atoms with E-state index in [1.54, 1.807) is 0 Å². The van der Waals surface area contributed by atoms with E-state index in [1.807, 2.05) is 12.4 Å². The van der Waals surface area contributed by atoms with Crippen molar-refractivity contribution in [3.63, 3.8) is 0 Å². The van der Waals surface area contributed by atoms with E-state index in [2.05, 4.69) is 38.7 Å². The molecule has 0 radical (unpaired) electrons. The van der Waals surface area contributed by atoms with Crippen LogP contribution in [0.15, 0.2) is 24.5 Å². The third kappa shape index (κ3) is 4.28. The fourth-order valence-corrected chi connectivity index (χ4v) is 3.86. The maximum absolute atomic E-state index is 4.10. The molecule has 0 unspecified atom stereocenters. The van der Waals surface area contributed by atoms with Gasteiger partial charge in [-0.25, -0.2) is 0 Å². The highest BCUT2D eigenvalue weighted by Crippen LogP contribution is 2.19. The zero-order chi connectivity index (χ0) is 15.2. The minimum atomic E-state index is 0.830. The average Bonchev–Trinajstić information content (AvgIpc) is 2.58. The molecule has 0 N–H and O–H groups in total. The number of likely N-dealkylation sites (tertiary alicyclic amines) is 1. The van der Waals surface area contributed by atoms with E-state index in [1.165, 1.54) is 70.6 Å². The maximum Gasteiger partial charge on any atom is 0.0271 e. The molecule has 2 fully saturated rings. The molecule has 1 aromatic heterocycles. The summed E-state index contributed by atoms with van der Waals surface area (Å²) < 4.78 is 0. The van der Waals surface area contributed by atoms with Crippen LogP contribution in [0.4, 0.5) is 0 Å². The second kappa shape index (κ2) is 8.04. The van der Waals surface area contributed by atoms with Gasteiger partial charge in [-0.1, -0.05) is 6.92 Å². The molecule has 0 aliphatic carbocycles. The summed E-state index contributed by atoms with van der Waals surface area (Å²) in [5.74, 6) is 0. The van der Waals surface area contributed by atoms with Crippen molar-refractivity contribution in [2.75, 3.05) is 45.8 Å². The molecule has 3 heterocycles. The van der Waals surface area contributed by atoms with Gasteiger partial charge in [0, 0.05) is 51.2 Å². The Bertz CT molecular complexity index is 420. The minimum absolute atomic E-state index is 0.830. The van der Waals surface area contributed by atoms with Crippen LogP contribution >= 0.6 is 0 Å². The van der Waals surface area contributed by atoms with Crippen molar-refractivity contribution in [2.45, 2.75) is 38.8 Å². The second-order valence-electron chi connectivity index (χ2n) is 6.74. The van der Waals surface area contributed by atoms with E-state index >= 15 is 0 Å². The molecule has 3 rings (SSSR count). The molecule has 0 atom stereocenters. The first kappa shape index (κ1) is 15.9. The first-order valence-electron chi connectivity index (χ1n) is 8.93. The maximum atomic E-state index is 4.10. The van der Waals surface area contributed by atoms with Crippen molar-refractivity contribution in [3.8, 4) is 0 Å². The number of hydrogen-bond donors (Lipinski definition) is 0. The molecule has 0 aromatic carbocycles. The second-order valence-corrected chi connectivity index (χ2v) is 6.74. The molecule has 0 bridgehead atoms. The van der Waals surface area contributed by atoms with Gasteiger partial charge in [-0.2, -0.15) is 0 Å². The first-order chi connectivity index (χ1) is 10.8. The van der Waals surface area contributed by atoms with Gasteiger partial charge < -0.3 is 4.90 Å². The third-order valence-electron chi connectivity index (χ3n) is 5.18. The van der Waals surface area contributed by atoms with Gasteiger partial charge in [0.1, 0.15) is 0 Å².